The van der Waals surface area contributed by atoms with Crippen molar-refractivity contribution in [2.45, 2.75) is 13.5 Å². The summed E-state index contributed by atoms with van der Waals surface area (Å²) in [6, 6.07) is 7.25. The molecule has 0 bridgehead atoms. The molecule has 110 valence electrons. The van der Waals surface area contributed by atoms with Gasteiger partial charge in [-0.2, -0.15) is 5.10 Å². The second kappa shape index (κ2) is 6.70. The molecular weight excluding hydrogens is 383 g/mol. The standard InChI is InChI=1S/C14H15IN4O2/c1-3-19-8-11(12(18-19)14(21)16-2)17-13(20)9-6-4-5-7-10(9)15/h4-8H,3H2,1-2H3,(H,16,21)(H,17,20). The summed E-state index contributed by atoms with van der Waals surface area (Å²) in [4.78, 5) is 24.1. The minimum atomic E-state index is -0.333. The molecule has 0 aliphatic heterocycles. The van der Waals surface area contributed by atoms with Crippen LogP contribution < -0.4 is 10.6 Å². The SMILES string of the molecule is CCn1cc(NC(=O)c2ccccc2I)c(C(=O)NC)n1. The van der Waals surface area contributed by atoms with E-state index >= 15 is 0 Å². The van der Waals surface area contributed by atoms with Gasteiger partial charge in [0.2, 0.25) is 0 Å². The van der Waals surface area contributed by atoms with Crippen molar-refractivity contribution < 1.29 is 9.59 Å². The topological polar surface area (TPSA) is 76.0 Å². The zero-order chi connectivity index (χ0) is 15.4. The van der Waals surface area contributed by atoms with Gasteiger partial charge in [0.05, 0.1) is 11.3 Å². The molecule has 0 saturated heterocycles. The second-order valence-electron chi connectivity index (χ2n) is 4.26. The summed E-state index contributed by atoms with van der Waals surface area (Å²) in [5, 5.41) is 9.42. The van der Waals surface area contributed by atoms with Gasteiger partial charge in [0.15, 0.2) is 5.69 Å². The molecule has 0 spiro atoms. The highest BCUT2D eigenvalue weighted by Gasteiger charge is 2.18. The van der Waals surface area contributed by atoms with E-state index in [1.807, 2.05) is 19.1 Å². The van der Waals surface area contributed by atoms with Crippen molar-refractivity contribution in [2.24, 2.45) is 0 Å². The fourth-order valence-electron chi connectivity index (χ4n) is 1.80. The number of benzene rings is 1. The Morgan fingerprint density at radius 2 is 2.00 bits per heavy atom. The highest BCUT2D eigenvalue weighted by molar-refractivity contribution is 14.1. The lowest BCUT2D eigenvalue weighted by Gasteiger charge is -2.06. The van der Waals surface area contributed by atoms with Crippen molar-refractivity contribution in [3.8, 4) is 0 Å². The number of rotatable bonds is 4. The number of hydrogen-bond donors (Lipinski definition) is 2. The van der Waals surface area contributed by atoms with Crippen LogP contribution in [0.3, 0.4) is 0 Å². The van der Waals surface area contributed by atoms with Crippen LogP contribution in [0.2, 0.25) is 0 Å². The molecule has 6 nitrogen and oxygen atoms in total. The van der Waals surface area contributed by atoms with Crippen LogP contribution in [0.5, 0.6) is 0 Å². The molecule has 1 heterocycles. The summed E-state index contributed by atoms with van der Waals surface area (Å²) in [6.07, 6.45) is 1.65. The van der Waals surface area contributed by atoms with Crippen LogP contribution in [0.25, 0.3) is 0 Å². The zero-order valence-electron chi connectivity index (χ0n) is 11.7. The maximum atomic E-state index is 12.3. The summed E-state index contributed by atoms with van der Waals surface area (Å²) >= 11 is 2.10. The van der Waals surface area contributed by atoms with E-state index in [4.69, 9.17) is 0 Å². The first-order chi connectivity index (χ1) is 10.1. The maximum absolute atomic E-state index is 12.3. The number of hydrogen-bond acceptors (Lipinski definition) is 3. The van der Waals surface area contributed by atoms with Gasteiger partial charge < -0.3 is 10.6 Å². The fraction of sp³-hybridized carbons (Fsp3) is 0.214. The number of carbonyl (C=O) groups is 2. The number of carbonyl (C=O) groups excluding carboxylic acids is 2. The minimum absolute atomic E-state index is 0.207. The second-order valence-corrected chi connectivity index (χ2v) is 5.42. The Bertz CT molecular complexity index is 681. The zero-order valence-corrected chi connectivity index (χ0v) is 13.8. The molecule has 2 N–H and O–H groups in total. The van der Waals surface area contributed by atoms with E-state index in [-0.39, 0.29) is 17.5 Å². The Morgan fingerprint density at radius 3 is 2.62 bits per heavy atom. The molecular formula is C14H15IN4O2. The van der Waals surface area contributed by atoms with E-state index in [9.17, 15) is 9.59 Å². The average molecular weight is 398 g/mol. The monoisotopic (exact) mass is 398 g/mol. The first-order valence-electron chi connectivity index (χ1n) is 6.42. The van der Waals surface area contributed by atoms with Crippen molar-refractivity contribution in [2.75, 3.05) is 12.4 Å². The highest BCUT2D eigenvalue weighted by atomic mass is 127. The average Bonchev–Trinajstić information content (AvgIpc) is 2.89. The predicted molar refractivity (Wildman–Crippen MR) is 88.4 cm³/mol. The number of nitrogens with zero attached hydrogens (tertiary/aromatic N) is 2. The van der Waals surface area contributed by atoms with E-state index in [2.05, 4.69) is 38.3 Å². The predicted octanol–water partition coefficient (Wildman–Crippen LogP) is 2.12. The van der Waals surface area contributed by atoms with Crippen LogP contribution >= 0.6 is 22.6 Å². The first kappa shape index (κ1) is 15.5. The van der Waals surface area contributed by atoms with Crippen LogP contribution in [0, 0.1) is 3.57 Å². The molecule has 7 heteroatoms. The molecule has 2 rings (SSSR count). The molecule has 0 unspecified atom stereocenters. The molecule has 0 fully saturated rings. The molecule has 0 atom stereocenters. The number of amides is 2. The molecule has 0 aliphatic rings. The van der Waals surface area contributed by atoms with Gasteiger partial charge in [-0.15, -0.1) is 0 Å². The Kier molecular flexibility index (Phi) is 4.94. The van der Waals surface area contributed by atoms with E-state index < -0.39 is 0 Å². The van der Waals surface area contributed by atoms with Gasteiger partial charge in [0.1, 0.15) is 0 Å². The Hall–Kier alpha value is -1.90. The number of aromatic nitrogens is 2. The first-order valence-corrected chi connectivity index (χ1v) is 7.50. The molecule has 1 aromatic heterocycles. The third kappa shape index (κ3) is 3.41. The Balaban J connectivity index is 2.31. The number of halogens is 1. The summed E-state index contributed by atoms with van der Waals surface area (Å²) in [5.74, 6) is -0.596. The van der Waals surface area contributed by atoms with Crippen molar-refractivity contribution in [3.63, 3.8) is 0 Å². The fourth-order valence-corrected chi connectivity index (χ4v) is 2.43. The third-order valence-corrected chi connectivity index (χ3v) is 3.84. The van der Waals surface area contributed by atoms with Gasteiger partial charge in [-0.3, -0.25) is 14.3 Å². The van der Waals surface area contributed by atoms with Gasteiger partial charge in [0, 0.05) is 23.4 Å². The van der Waals surface area contributed by atoms with Crippen LogP contribution in [0.15, 0.2) is 30.5 Å². The maximum Gasteiger partial charge on any atom is 0.273 e. The van der Waals surface area contributed by atoms with Crippen LogP contribution in [0.1, 0.15) is 27.8 Å². The summed E-state index contributed by atoms with van der Waals surface area (Å²) < 4.78 is 2.45. The lowest BCUT2D eigenvalue weighted by atomic mass is 10.2. The van der Waals surface area contributed by atoms with Gasteiger partial charge in [-0.05, 0) is 41.6 Å². The normalized spacial score (nSPS) is 10.2. The lowest BCUT2D eigenvalue weighted by molar-refractivity contribution is 0.0958. The van der Waals surface area contributed by atoms with E-state index in [1.165, 1.54) is 7.05 Å². The Labute approximate surface area is 136 Å². The van der Waals surface area contributed by atoms with Crippen LogP contribution in [0.4, 0.5) is 5.69 Å². The number of nitrogens with one attached hydrogen (secondary N) is 2. The highest BCUT2D eigenvalue weighted by Crippen LogP contribution is 2.17. The molecule has 2 aromatic rings. The summed E-state index contributed by atoms with van der Waals surface area (Å²) in [6.45, 7) is 2.52. The van der Waals surface area contributed by atoms with Crippen molar-refractivity contribution >= 4 is 40.1 Å². The van der Waals surface area contributed by atoms with Crippen molar-refractivity contribution in [3.05, 3.63) is 45.3 Å². The largest absolute Gasteiger partial charge is 0.354 e. The van der Waals surface area contributed by atoms with Gasteiger partial charge in [-0.1, -0.05) is 12.1 Å². The van der Waals surface area contributed by atoms with Crippen LogP contribution in [-0.2, 0) is 6.54 Å². The van der Waals surface area contributed by atoms with Gasteiger partial charge in [-0.25, -0.2) is 0 Å². The van der Waals surface area contributed by atoms with Crippen molar-refractivity contribution in [1.29, 1.82) is 0 Å². The molecule has 2 amide bonds. The molecule has 0 radical (unpaired) electrons. The van der Waals surface area contributed by atoms with E-state index in [1.54, 1.807) is 23.0 Å². The van der Waals surface area contributed by atoms with Gasteiger partial charge in [0.25, 0.3) is 11.8 Å². The Morgan fingerprint density at radius 1 is 1.29 bits per heavy atom. The summed E-state index contributed by atoms with van der Waals surface area (Å²) in [5.41, 5.74) is 1.17. The molecule has 0 saturated carbocycles. The quantitative estimate of drug-likeness (QED) is 0.775. The van der Waals surface area contributed by atoms with E-state index in [0.29, 0.717) is 17.8 Å². The lowest BCUT2D eigenvalue weighted by Crippen LogP contribution is -2.21. The van der Waals surface area contributed by atoms with Crippen molar-refractivity contribution in [1.82, 2.24) is 15.1 Å². The number of anilines is 1. The smallest absolute Gasteiger partial charge is 0.273 e. The number of aryl methyl sites for hydroxylation is 1. The van der Waals surface area contributed by atoms with Gasteiger partial charge >= 0.3 is 0 Å². The minimum Gasteiger partial charge on any atom is -0.354 e. The molecule has 0 aliphatic carbocycles. The molecule has 21 heavy (non-hydrogen) atoms. The summed E-state index contributed by atoms with van der Waals surface area (Å²) in [7, 11) is 1.53. The third-order valence-electron chi connectivity index (χ3n) is 2.89. The van der Waals surface area contributed by atoms with E-state index in [0.717, 1.165) is 3.57 Å². The molecule has 1 aromatic carbocycles. The van der Waals surface area contributed by atoms with Crippen LogP contribution in [-0.4, -0.2) is 28.6 Å².